The molecule has 13 heavy (non-hydrogen) atoms. The van der Waals surface area contributed by atoms with E-state index in [4.69, 9.17) is 11.6 Å². The predicted molar refractivity (Wildman–Crippen MR) is 56.2 cm³/mol. The molecule has 1 aromatic rings. The number of hydrogen-bond donors (Lipinski definition) is 2. The number of aliphatic hydroxyl groups is 1. The molecule has 0 fully saturated rings. The maximum Gasteiger partial charge on any atom is 0.0763 e. The van der Waals surface area contributed by atoms with Gasteiger partial charge in [0, 0.05) is 6.54 Å². The first kappa shape index (κ1) is 10.4. The van der Waals surface area contributed by atoms with E-state index in [1.54, 1.807) is 13.8 Å². The Kier molecular flexibility index (Phi) is 3.17. The lowest BCUT2D eigenvalue weighted by atomic mass is 10.1. The molecule has 0 aliphatic heterocycles. The molecule has 2 N–H and O–H groups in total. The van der Waals surface area contributed by atoms with Crippen molar-refractivity contribution in [3.8, 4) is 0 Å². The van der Waals surface area contributed by atoms with Gasteiger partial charge in [-0.05, 0) is 26.0 Å². The Morgan fingerprint density at radius 1 is 1.38 bits per heavy atom. The summed E-state index contributed by atoms with van der Waals surface area (Å²) in [6, 6.07) is 7.47. The highest BCUT2D eigenvalue weighted by Gasteiger charge is 2.11. The van der Waals surface area contributed by atoms with E-state index < -0.39 is 5.60 Å². The molecule has 0 aliphatic rings. The fourth-order valence-electron chi connectivity index (χ4n) is 0.916. The zero-order chi connectivity index (χ0) is 9.90. The molecule has 0 amide bonds. The van der Waals surface area contributed by atoms with Crippen molar-refractivity contribution in [2.24, 2.45) is 0 Å². The van der Waals surface area contributed by atoms with Gasteiger partial charge in [0.2, 0.25) is 0 Å². The van der Waals surface area contributed by atoms with Gasteiger partial charge in [-0.25, -0.2) is 0 Å². The summed E-state index contributed by atoms with van der Waals surface area (Å²) in [6.45, 7) is 3.98. The van der Waals surface area contributed by atoms with Crippen molar-refractivity contribution < 1.29 is 5.11 Å². The third-order valence-corrected chi connectivity index (χ3v) is 1.91. The van der Waals surface area contributed by atoms with E-state index in [0.29, 0.717) is 11.6 Å². The second-order valence-corrected chi connectivity index (χ2v) is 4.05. The topological polar surface area (TPSA) is 32.3 Å². The molecule has 1 aromatic carbocycles. The molecule has 0 heterocycles. The van der Waals surface area contributed by atoms with Gasteiger partial charge in [-0.15, -0.1) is 0 Å². The lowest BCUT2D eigenvalue weighted by Gasteiger charge is -2.18. The number of hydrogen-bond acceptors (Lipinski definition) is 2. The third kappa shape index (κ3) is 3.66. The summed E-state index contributed by atoms with van der Waals surface area (Å²) >= 11 is 5.91. The number of para-hydroxylation sites is 1. The highest BCUT2D eigenvalue weighted by Crippen LogP contribution is 2.20. The smallest absolute Gasteiger partial charge is 0.0763 e. The van der Waals surface area contributed by atoms with Crippen molar-refractivity contribution in [1.29, 1.82) is 0 Å². The summed E-state index contributed by atoms with van der Waals surface area (Å²) in [5.41, 5.74) is 0.130. The Balaban J connectivity index is 2.60. The van der Waals surface area contributed by atoms with E-state index >= 15 is 0 Å². The second kappa shape index (κ2) is 3.99. The zero-order valence-corrected chi connectivity index (χ0v) is 8.60. The van der Waals surface area contributed by atoms with Gasteiger partial charge >= 0.3 is 0 Å². The molecule has 1 rings (SSSR count). The van der Waals surface area contributed by atoms with Gasteiger partial charge in [0.1, 0.15) is 0 Å². The van der Waals surface area contributed by atoms with Crippen LogP contribution < -0.4 is 5.32 Å². The fraction of sp³-hybridized carbons (Fsp3) is 0.400. The molecule has 0 aromatic heterocycles. The summed E-state index contributed by atoms with van der Waals surface area (Å²) < 4.78 is 0. The lowest BCUT2D eigenvalue weighted by Crippen LogP contribution is -2.29. The molecule has 0 spiro atoms. The summed E-state index contributed by atoms with van der Waals surface area (Å²) in [4.78, 5) is 0. The molecule has 0 unspecified atom stereocenters. The first-order chi connectivity index (χ1) is 5.99. The fourth-order valence-corrected chi connectivity index (χ4v) is 1.12. The van der Waals surface area contributed by atoms with Gasteiger partial charge in [-0.1, -0.05) is 23.7 Å². The first-order valence-electron chi connectivity index (χ1n) is 4.20. The van der Waals surface area contributed by atoms with Crippen molar-refractivity contribution in [2.45, 2.75) is 19.4 Å². The van der Waals surface area contributed by atoms with Crippen LogP contribution in [0.3, 0.4) is 0 Å². The van der Waals surface area contributed by atoms with Crippen molar-refractivity contribution in [1.82, 2.24) is 0 Å². The van der Waals surface area contributed by atoms with E-state index in [-0.39, 0.29) is 0 Å². The van der Waals surface area contributed by atoms with E-state index in [0.717, 1.165) is 5.69 Å². The van der Waals surface area contributed by atoms with Crippen LogP contribution in [0.5, 0.6) is 0 Å². The quantitative estimate of drug-likeness (QED) is 0.784. The number of halogens is 1. The van der Waals surface area contributed by atoms with E-state index in [1.165, 1.54) is 0 Å². The molecule has 3 heteroatoms. The minimum atomic E-state index is -0.723. The Bertz CT molecular complexity index is 280. The normalized spacial score (nSPS) is 11.4. The summed E-state index contributed by atoms with van der Waals surface area (Å²) in [6.07, 6.45) is 0. The van der Waals surface area contributed by atoms with Crippen LogP contribution in [0.25, 0.3) is 0 Å². The Hall–Kier alpha value is -0.730. The van der Waals surface area contributed by atoms with Gasteiger partial charge in [0.15, 0.2) is 0 Å². The van der Waals surface area contributed by atoms with Crippen LogP contribution in [0.4, 0.5) is 5.69 Å². The van der Waals surface area contributed by atoms with Crippen LogP contribution >= 0.6 is 11.6 Å². The highest BCUT2D eigenvalue weighted by atomic mass is 35.5. The van der Waals surface area contributed by atoms with Crippen molar-refractivity contribution >= 4 is 17.3 Å². The number of benzene rings is 1. The summed E-state index contributed by atoms with van der Waals surface area (Å²) in [5.74, 6) is 0. The van der Waals surface area contributed by atoms with Crippen molar-refractivity contribution in [3.63, 3.8) is 0 Å². The van der Waals surface area contributed by atoms with Gasteiger partial charge < -0.3 is 10.4 Å². The maximum atomic E-state index is 9.46. The minimum absolute atomic E-state index is 0.483. The third-order valence-electron chi connectivity index (χ3n) is 1.59. The van der Waals surface area contributed by atoms with E-state index in [2.05, 4.69) is 5.32 Å². The number of rotatable bonds is 3. The van der Waals surface area contributed by atoms with Gasteiger partial charge in [-0.3, -0.25) is 0 Å². The van der Waals surface area contributed by atoms with Gasteiger partial charge in [-0.2, -0.15) is 0 Å². The summed E-state index contributed by atoms with van der Waals surface area (Å²) in [5, 5.41) is 13.2. The van der Waals surface area contributed by atoms with Crippen LogP contribution in [-0.2, 0) is 0 Å². The molecule has 0 saturated carbocycles. The minimum Gasteiger partial charge on any atom is -0.389 e. The molecule has 2 nitrogen and oxygen atoms in total. The molecule has 0 aliphatic carbocycles. The SMILES string of the molecule is CC(C)(O)CNc1ccccc1Cl. The lowest BCUT2D eigenvalue weighted by molar-refractivity contribution is 0.0945. The molecule has 0 radical (unpaired) electrons. The van der Waals surface area contributed by atoms with Crippen LogP contribution in [0, 0.1) is 0 Å². The van der Waals surface area contributed by atoms with Gasteiger partial charge in [0.05, 0.1) is 16.3 Å². The van der Waals surface area contributed by atoms with Crippen LogP contribution in [-0.4, -0.2) is 17.3 Å². The first-order valence-corrected chi connectivity index (χ1v) is 4.58. The Morgan fingerprint density at radius 3 is 2.54 bits per heavy atom. The zero-order valence-electron chi connectivity index (χ0n) is 7.84. The molecule has 0 bridgehead atoms. The Morgan fingerprint density at radius 2 is 2.00 bits per heavy atom. The molecule has 0 saturated heterocycles. The average molecular weight is 200 g/mol. The monoisotopic (exact) mass is 199 g/mol. The van der Waals surface area contributed by atoms with Crippen LogP contribution in [0.2, 0.25) is 5.02 Å². The number of anilines is 1. The predicted octanol–water partition coefficient (Wildman–Crippen LogP) is 2.52. The van der Waals surface area contributed by atoms with Crippen molar-refractivity contribution in [2.75, 3.05) is 11.9 Å². The van der Waals surface area contributed by atoms with Crippen LogP contribution in [0.15, 0.2) is 24.3 Å². The number of nitrogens with one attached hydrogen (secondary N) is 1. The van der Waals surface area contributed by atoms with Gasteiger partial charge in [0.25, 0.3) is 0 Å². The average Bonchev–Trinajstić information content (AvgIpc) is 2.01. The van der Waals surface area contributed by atoms with Crippen LogP contribution in [0.1, 0.15) is 13.8 Å². The van der Waals surface area contributed by atoms with E-state index in [1.807, 2.05) is 24.3 Å². The van der Waals surface area contributed by atoms with E-state index in [9.17, 15) is 5.11 Å². The van der Waals surface area contributed by atoms with Crippen molar-refractivity contribution in [3.05, 3.63) is 29.3 Å². The summed E-state index contributed by atoms with van der Waals surface area (Å²) in [7, 11) is 0. The molecule has 0 atom stereocenters. The Labute approximate surface area is 83.5 Å². The molecular formula is C10H14ClNO. The molecular weight excluding hydrogens is 186 g/mol. The highest BCUT2D eigenvalue weighted by molar-refractivity contribution is 6.33. The largest absolute Gasteiger partial charge is 0.389 e. The maximum absolute atomic E-state index is 9.46. The standard InChI is InChI=1S/C10H14ClNO/c1-10(2,13)7-12-9-6-4-3-5-8(9)11/h3-6,12-13H,7H2,1-2H3. The second-order valence-electron chi connectivity index (χ2n) is 3.65. The molecule has 72 valence electrons.